The van der Waals surface area contributed by atoms with E-state index in [0.29, 0.717) is 11.5 Å². The number of carbonyl (C=O) groups excluding carboxylic acids is 1. The Hall–Kier alpha value is -2.08. The molecule has 0 aliphatic heterocycles. The van der Waals surface area contributed by atoms with Crippen LogP contribution in [0.4, 0.5) is 5.82 Å². The predicted octanol–water partition coefficient (Wildman–Crippen LogP) is 2.34. The molecule has 0 fully saturated rings. The molecule has 0 atom stereocenters. The van der Waals surface area contributed by atoms with Gasteiger partial charge in [-0.2, -0.15) is 0 Å². The van der Waals surface area contributed by atoms with Crippen LogP contribution in [0.25, 0.3) is 0 Å². The summed E-state index contributed by atoms with van der Waals surface area (Å²) in [6.45, 7) is 3.33. The molecule has 106 valence electrons. The van der Waals surface area contributed by atoms with Gasteiger partial charge in [0.2, 0.25) is 0 Å². The van der Waals surface area contributed by atoms with Gasteiger partial charge in [0.15, 0.2) is 5.78 Å². The van der Waals surface area contributed by atoms with Gasteiger partial charge < -0.3 is 4.57 Å². The Labute approximate surface area is 118 Å². The number of sulfonamides is 1. The highest BCUT2D eigenvalue weighted by Crippen LogP contribution is 2.18. The summed E-state index contributed by atoms with van der Waals surface area (Å²) in [5.41, 5.74) is 1.44. The van der Waals surface area contributed by atoms with Crippen LogP contribution in [0, 0.1) is 6.92 Å². The second-order valence-electron chi connectivity index (χ2n) is 4.64. The molecular weight excluding hydrogens is 276 g/mol. The number of benzene rings is 1. The molecule has 0 saturated carbocycles. The summed E-state index contributed by atoms with van der Waals surface area (Å²) >= 11 is 0. The molecule has 0 bridgehead atoms. The lowest BCUT2D eigenvalue weighted by Gasteiger charge is -2.10. The molecular formula is C14H16N2O3S. The van der Waals surface area contributed by atoms with Crippen molar-refractivity contribution in [3.63, 3.8) is 0 Å². The van der Waals surface area contributed by atoms with Crippen LogP contribution in [0.15, 0.2) is 41.3 Å². The van der Waals surface area contributed by atoms with Crippen LogP contribution in [0.5, 0.6) is 0 Å². The highest BCUT2D eigenvalue weighted by atomic mass is 32.2. The third-order valence-electron chi connectivity index (χ3n) is 3.05. The molecule has 0 radical (unpaired) electrons. The standard InChI is InChI=1S/C14H16N2O3S/c1-10-4-6-12(7-5-10)20(18,19)15-14-9-8-13(11(2)17)16(14)3/h4-9,15H,1-3H3. The van der Waals surface area contributed by atoms with Crippen LogP contribution < -0.4 is 4.72 Å². The number of nitrogens with zero attached hydrogens (tertiary/aromatic N) is 1. The van der Waals surface area contributed by atoms with E-state index in [1.165, 1.54) is 11.5 Å². The first-order chi connectivity index (χ1) is 9.31. The van der Waals surface area contributed by atoms with E-state index in [1.807, 2.05) is 6.92 Å². The van der Waals surface area contributed by atoms with Gasteiger partial charge in [0.05, 0.1) is 10.6 Å². The lowest BCUT2D eigenvalue weighted by molar-refractivity contribution is 0.101. The predicted molar refractivity (Wildman–Crippen MR) is 77.4 cm³/mol. The Morgan fingerprint density at radius 1 is 1.10 bits per heavy atom. The van der Waals surface area contributed by atoms with Gasteiger partial charge in [-0.15, -0.1) is 0 Å². The average Bonchev–Trinajstić information content (AvgIpc) is 2.71. The van der Waals surface area contributed by atoms with Crippen molar-refractivity contribution in [1.82, 2.24) is 4.57 Å². The highest BCUT2D eigenvalue weighted by Gasteiger charge is 2.17. The second-order valence-corrected chi connectivity index (χ2v) is 6.32. The number of carbonyl (C=O) groups is 1. The van der Waals surface area contributed by atoms with E-state index in [-0.39, 0.29) is 10.7 Å². The van der Waals surface area contributed by atoms with E-state index >= 15 is 0 Å². The topological polar surface area (TPSA) is 68.2 Å². The lowest BCUT2D eigenvalue weighted by atomic mass is 10.2. The number of anilines is 1. The minimum absolute atomic E-state index is 0.117. The largest absolute Gasteiger partial charge is 0.328 e. The molecule has 20 heavy (non-hydrogen) atoms. The van der Waals surface area contributed by atoms with Gasteiger partial charge >= 0.3 is 0 Å². The number of nitrogens with one attached hydrogen (secondary N) is 1. The van der Waals surface area contributed by atoms with E-state index in [0.717, 1.165) is 5.56 Å². The Morgan fingerprint density at radius 2 is 1.70 bits per heavy atom. The highest BCUT2D eigenvalue weighted by molar-refractivity contribution is 7.92. The number of aryl methyl sites for hydroxylation is 1. The molecule has 1 heterocycles. The fourth-order valence-electron chi connectivity index (χ4n) is 1.88. The summed E-state index contributed by atoms with van der Waals surface area (Å²) in [5.74, 6) is 0.240. The third kappa shape index (κ3) is 2.75. The Kier molecular flexibility index (Phi) is 3.67. The maximum atomic E-state index is 12.2. The summed E-state index contributed by atoms with van der Waals surface area (Å²) in [7, 11) is -2.00. The summed E-state index contributed by atoms with van der Waals surface area (Å²) < 4.78 is 28.5. The van der Waals surface area contributed by atoms with E-state index in [1.54, 1.807) is 43.4 Å². The summed E-state index contributed by atoms with van der Waals surface area (Å²) in [6, 6.07) is 9.73. The van der Waals surface area contributed by atoms with Crippen LogP contribution in [-0.2, 0) is 17.1 Å². The van der Waals surface area contributed by atoms with Crippen molar-refractivity contribution in [3.05, 3.63) is 47.7 Å². The molecule has 0 saturated heterocycles. The summed E-state index contributed by atoms with van der Waals surface area (Å²) in [5, 5.41) is 0. The van der Waals surface area contributed by atoms with E-state index in [9.17, 15) is 13.2 Å². The zero-order valence-electron chi connectivity index (χ0n) is 11.5. The van der Waals surface area contributed by atoms with Crippen molar-refractivity contribution in [2.45, 2.75) is 18.7 Å². The van der Waals surface area contributed by atoms with Crippen LogP contribution in [0.2, 0.25) is 0 Å². The zero-order chi connectivity index (χ0) is 14.9. The monoisotopic (exact) mass is 292 g/mol. The third-order valence-corrected chi connectivity index (χ3v) is 4.42. The Balaban J connectivity index is 2.33. The van der Waals surface area contributed by atoms with Crippen molar-refractivity contribution in [3.8, 4) is 0 Å². The molecule has 2 aromatic rings. The van der Waals surface area contributed by atoms with E-state index in [4.69, 9.17) is 0 Å². The van der Waals surface area contributed by atoms with Crippen molar-refractivity contribution in [2.24, 2.45) is 7.05 Å². The number of hydrogen-bond donors (Lipinski definition) is 1. The molecule has 0 aliphatic rings. The molecule has 1 aromatic heterocycles. The number of Topliss-reactive ketones (excluding diaryl/α,β-unsaturated/α-hetero) is 1. The SMILES string of the molecule is CC(=O)c1ccc(NS(=O)(=O)c2ccc(C)cc2)n1C. The van der Waals surface area contributed by atoms with Crippen LogP contribution in [0.1, 0.15) is 23.0 Å². The van der Waals surface area contributed by atoms with Crippen molar-refractivity contribution < 1.29 is 13.2 Å². The van der Waals surface area contributed by atoms with Gasteiger partial charge in [0.25, 0.3) is 10.0 Å². The fourth-order valence-corrected chi connectivity index (χ4v) is 2.97. The number of rotatable bonds is 4. The molecule has 1 N–H and O–H groups in total. The normalized spacial score (nSPS) is 11.3. The maximum absolute atomic E-state index is 12.2. The minimum Gasteiger partial charge on any atom is -0.328 e. The lowest BCUT2D eigenvalue weighted by Crippen LogP contribution is -2.16. The maximum Gasteiger partial charge on any atom is 0.262 e. The molecule has 2 rings (SSSR count). The van der Waals surface area contributed by atoms with Crippen LogP contribution >= 0.6 is 0 Å². The first kappa shape index (κ1) is 14.3. The minimum atomic E-state index is -3.65. The van der Waals surface area contributed by atoms with Gasteiger partial charge in [-0.3, -0.25) is 9.52 Å². The molecule has 1 aromatic carbocycles. The van der Waals surface area contributed by atoms with E-state index in [2.05, 4.69) is 4.72 Å². The molecule has 0 spiro atoms. The quantitative estimate of drug-likeness (QED) is 0.879. The second kappa shape index (κ2) is 5.13. The van der Waals surface area contributed by atoms with Crippen molar-refractivity contribution in [1.29, 1.82) is 0 Å². The molecule has 0 aliphatic carbocycles. The van der Waals surface area contributed by atoms with E-state index < -0.39 is 10.0 Å². The average molecular weight is 292 g/mol. The first-order valence-corrected chi connectivity index (χ1v) is 7.56. The van der Waals surface area contributed by atoms with Crippen LogP contribution in [0.3, 0.4) is 0 Å². The number of aromatic nitrogens is 1. The number of ketones is 1. The van der Waals surface area contributed by atoms with Gasteiger partial charge in [0, 0.05) is 14.0 Å². The van der Waals surface area contributed by atoms with Gasteiger partial charge in [-0.25, -0.2) is 8.42 Å². The molecule has 6 heteroatoms. The summed E-state index contributed by atoms with van der Waals surface area (Å²) in [4.78, 5) is 11.5. The smallest absolute Gasteiger partial charge is 0.262 e. The summed E-state index contributed by atoms with van der Waals surface area (Å²) in [6.07, 6.45) is 0. The first-order valence-electron chi connectivity index (χ1n) is 6.07. The molecule has 0 unspecified atom stereocenters. The Bertz CT molecular complexity index is 743. The molecule has 0 amide bonds. The van der Waals surface area contributed by atoms with Gasteiger partial charge in [-0.05, 0) is 31.2 Å². The van der Waals surface area contributed by atoms with Crippen molar-refractivity contribution in [2.75, 3.05) is 4.72 Å². The number of hydrogen-bond acceptors (Lipinski definition) is 3. The van der Waals surface area contributed by atoms with Crippen LogP contribution in [-0.4, -0.2) is 18.8 Å². The molecule has 5 nitrogen and oxygen atoms in total. The van der Waals surface area contributed by atoms with Gasteiger partial charge in [-0.1, -0.05) is 17.7 Å². The fraction of sp³-hybridized carbons (Fsp3) is 0.214. The Morgan fingerprint density at radius 3 is 2.20 bits per heavy atom. The van der Waals surface area contributed by atoms with Crippen molar-refractivity contribution >= 4 is 21.6 Å². The zero-order valence-corrected chi connectivity index (χ0v) is 12.4. The van der Waals surface area contributed by atoms with Gasteiger partial charge in [0.1, 0.15) is 5.82 Å².